The number of aliphatic carboxylic acids is 1. The molecule has 0 amide bonds. The summed E-state index contributed by atoms with van der Waals surface area (Å²) in [6.07, 6.45) is 0. The molecule has 0 radical (unpaired) electrons. The third kappa shape index (κ3) is 2.38. The van der Waals surface area contributed by atoms with Crippen molar-refractivity contribution in [1.82, 2.24) is 4.31 Å². The first-order chi connectivity index (χ1) is 8.43. The monoisotopic (exact) mass is 286 g/mol. The van der Waals surface area contributed by atoms with Gasteiger partial charge in [0.15, 0.2) is 0 Å². The molecule has 1 saturated heterocycles. The number of hydrogen-bond donors (Lipinski definition) is 0. The van der Waals surface area contributed by atoms with Crippen molar-refractivity contribution in [1.29, 1.82) is 0 Å². The molecule has 0 N–H and O–H groups in total. The number of carboxylic acids is 1. The molecule has 0 saturated carbocycles. The molecular weight excluding hydrogens is 274 g/mol. The topological polar surface area (TPSA) is 77.5 Å². The average Bonchev–Trinajstić information content (AvgIpc) is 2.79. The number of nitrogens with zero attached hydrogens (tertiary/aromatic N) is 1. The Kier molecular flexibility index (Phi) is 3.65. The van der Waals surface area contributed by atoms with Gasteiger partial charge in [0.1, 0.15) is 5.37 Å². The molecule has 1 aliphatic heterocycles. The molecule has 1 aromatic rings. The van der Waals surface area contributed by atoms with Crippen LogP contribution in [0.4, 0.5) is 0 Å². The molecule has 7 heteroatoms. The molecule has 5 nitrogen and oxygen atoms in total. The van der Waals surface area contributed by atoms with Crippen LogP contribution in [0.15, 0.2) is 29.2 Å². The fourth-order valence-corrected chi connectivity index (χ4v) is 4.72. The van der Waals surface area contributed by atoms with E-state index >= 15 is 0 Å². The molecule has 0 aliphatic carbocycles. The molecule has 1 heterocycles. The molecule has 18 heavy (non-hydrogen) atoms. The van der Waals surface area contributed by atoms with Crippen LogP contribution in [-0.2, 0) is 14.8 Å². The van der Waals surface area contributed by atoms with E-state index in [9.17, 15) is 18.3 Å². The van der Waals surface area contributed by atoms with E-state index in [4.69, 9.17) is 0 Å². The normalized spacial score (nSPS) is 21.1. The predicted octanol–water partition coefficient (Wildman–Crippen LogP) is -0.191. The lowest BCUT2D eigenvalue weighted by molar-refractivity contribution is -0.306. The number of rotatable bonds is 3. The lowest BCUT2D eigenvalue weighted by Gasteiger charge is -2.23. The fraction of sp³-hybridized carbons (Fsp3) is 0.364. The first-order valence-corrected chi connectivity index (χ1v) is 7.83. The van der Waals surface area contributed by atoms with Crippen LogP contribution in [0.5, 0.6) is 0 Å². The van der Waals surface area contributed by atoms with Crippen molar-refractivity contribution in [2.24, 2.45) is 0 Å². The van der Waals surface area contributed by atoms with Gasteiger partial charge in [-0.1, -0.05) is 17.7 Å². The Morgan fingerprint density at radius 3 is 2.56 bits per heavy atom. The van der Waals surface area contributed by atoms with Crippen molar-refractivity contribution in [2.75, 3.05) is 12.3 Å². The Labute approximate surface area is 110 Å². The Morgan fingerprint density at radius 1 is 1.39 bits per heavy atom. The maximum absolute atomic E-state index is 12.3. The van der Waals surface area contributed by atoms with E-state index in [2.05, 4.69) is 0 Å². The first kappa shape index (κ1) is 13.4. The van der Waals surface area contributed by atoms with Crippen LogP contribution in [0.3, 0.4) is 0 Å². The number of carbonyl (C=O) groups is 1. The van der Waals surface area contributed by atoms with Gasteiger partial charge < -0.3 is 9.90 Å². The molecule has 0 aromatic heterocycles. The van der Waals surface area contributed by atoms with E-state index in [-0.39, 0.29) is 11.4 Å². The Balaban J connectivity index is 2.36. The van der Waals surface area contributed by atoms with Crippen molar-refractivity contribution in [3.63, 3.8) is 0 Å². The molecule has 0 spiro atoms. The first-order valence-electron chi connectivity index (χ1n) is 5.34. The number of sulfonamides is 1. The maximum Gasteiger partial charge on any atom is 0.244 e. The molecule has 1 atom stereocenters. The lowest BCUT2D eigenvalue weighted by Crippen LogP contribution is -2.45. The standard InChI is InChI=1S/C11H13NO4S2/c1-8-2-4-9(5-3-8)18(15,16)12-6-7-17-10(12)11(13)14/h2-5,10H,6-7H2,1H3,(H,13,14)/p-1/t10-/m0/s1. The largest absolute Gasteiger partial charge is 0.547 e. The maximum atomic E-state index is 12.3. The van der Waals surface area contributed by atoms with Crippen LogP contribution in [0.1, 0.15) is 5.56 Å². The highest BCUT2D eigenvalue weighted by Gasteiger charge is 2.36. The summed E-state index contributed by atoms with van der Waals surface area (Å²) in [5, 5.41) is 9.78. The van der Waals surface area contributed by atoms with Crippen molar-refractivity contribution >= 4 is 27.8 Å². The summed E-state index contributed by atoms with van der Waals surface area (Å²) >= 11 is 1.07. The van der Waals surface area contributed by atoms with Crippen molar-refractivity contribution in [2.45, 2.75) is 17.2 Å². The van der Waals surface area contributed by atoms with E-state index in [0.717, 1.165) is 21.6 Å². The second kappa shape index (κ2) is 4.91. The molecule has 1 aliphatic rings. The average molecular weight is 286 g/mol. The van der Waals surface area contributed by atoms with Gasteiger partial charge in [-0.05, 0) is 19.1 Å². The van der Waals surface area contributed by atoms with Crippen molar-refractivity contribution < 1.29 is 18.3 Å². The summed E-state index contributed by atoms with van der Waals surface area (Å²) in [7, 11) is -3.76. The van der Waals surface area contributed by atoms with Crippen molar-refractivity contribution in [3.05, 3.63) is 29.8 Å². The number of hydrogen-bond acceptors (Lipinski definition) is 5. The highest BCUT2D eigenvalue weighted by atomic mass is 32.2. The van der Waals surface area contributed by atoms with Gasteiger partial charge >= 0.3 is 0 Å². The molecule has 1 aromatic carbocycles. The minimum atomic E-state index is -3.76. The van der Waals surface area contributed by atoms with E-state index < -0.39 is 21.4 Å². The summed E-state index contributed by atoms with van der Waals surface area (Å²) in [4.78, 5) is 11.0. The number of carboxylic acid groups (broad SMARTS) is 1. The quantitative estimate of drug-likeness (QED) is 0.769. The van der Waals surface area contributed by atoms with Gasteiger partial charge in [-0.3, -0.25) is 0 Å². The van der Waals surface area contributed by atoms with Gasteiger partial charge in [0, 0.05) is 12.3 Å². The SMILES string of the molecule is Cc1ccc(S(=O)(=O)N2CCS[C@H]2C(=O)[O-])cc1. The number of aryl methyl sites for hydroxylation is 1. The zero-order chi connectivity index (χ0) is 13.3. The van der Waals surface area contributed by atoms with Gasteiger partial charge in [0.05, 0.1) is 10.9 Å². The van der Waals surface area contributed by atoms with Crippen molar-refractivity contribution in [3.8, 4) is 0 Å². The number of benzene rings is 1. The molecular formula is C11H12NO4S2-. The number of carbonyl (C=O) groups excluding carboxylic acids is 1. The minimum Gasteiger partial charge on any atom is -0.547 e. The van der Waals surface area contributed by atoms with Crippen LogP contribution >= 0.6 is 11.8 Å². The van der Waals surface area contributed by atoms with Crippen LogP contribution < -0.4 is 5.11 Å². The Hall–Kier alpha value is -1.05. The molecule has 0 bridgehead atoms. The summed E-state index contributed by atoms with van der Waals surface area (Å²) < 4.78 is 25.5. The van der Waals surface area contributed by atoms with E-state index in [1.165, 1.54) is 12.1 Å². The minimum absolute atomic E-state index is 0.113. The second-order valence-corrected chi connectivity index (χ2v) is 7.05. The third-order valence-electron chi connectivity index (χ3n) is 2.68. The molecule has 2 rings (SSSR count). The second-order valence-electron chi connectivity index (χ2n) is 3.97. The van der Waals surface area contributed by atoms with Crippen LogP contribution in [0.2, 0.25) is 0 Å². The highest BCUT2D eigenvalue weighted by Crippen LogP contribution is 2.29. The lowest BCUT2D eigenvalue weighted by atomic mass is 10.2. The van der Waals surface area contributed by atoms with Gasteiger partial charge in [0.2, 0.25) is 10.0 Å². The summed E-state index contributed by atoms with van der Waals surface area (Å²) in [5.41, 5.74) is 0.946. The summed E-state index contributed by atoms with van der Waals surface area (Å²) in [5.74, 6) is -0.905. The zero-order valence-electron chi connectivity index (χ0n) is 9.70. The zero-order valence-corrected chi connectivity index (χ0v) is 11.3. The fourth-order valence-electron chi connectivity index (χ4n) is 1.73. The van der Waals surface area contributed by atoms with E-state index in [0.29, 0.717) is 5.75 Å². The van der Waals surface area contributed by atoms with Gasteiger partial charge in [-0.15, -0.1) is 11.8 Å². The third-order valence-corrected chi connectivity index (χ3v) is 5.87. The van der Waals surface area contributed by atoms with Crippen LogP contribution in [-0.4, -0.2) is 36.4 Å². The van der Waals surface area contributed by atoms with Crippen LogP contribution in [0.25, 0.3) is 0 Å². The summed E-state index contributed by atoms with van der Waals surface area (Å²) in [6.45, 7) is 2.05. The Morgan fingerprint density at radius 2 is 2.00 bits per heavy atom. The van der Waals surface area contributed by atoms with Gasteiger partial charge in [-0.2, -0.15) is 4.31 Å². The molecule has 1 fully saturated rings. The predicted molar refractivity (Wildman–Crippen MR) is 66.3 cm³/mol. The molecule has 0 unspecified atom stereocenters. The van der Waals surface area contributed by atoms with Gasteiger partial charge in [-0.25, -0.2) is 8.42 Å². The van der Waals surface area contributed by atoms with Gasteiger partial charge in [0.25, 0.3) is 0 Å². The van der Waals surface area contributed by atoms with E-state index in [1.54, 1.807) is 12.1 Å². The smallest absolute Gasteiger partial charge is 0.244 e. The number of thioether (sulfide) groups is 1. The van der Waals surface area contributed by atoms with Crippen LogP contribution in [0, 0.1) is 6.92 Å². The Bertz CT molecular complexity index is 553. The molecule has 98 valence electrons. The highest BCUT2D eigenvalue weighted by molar-refractivity contribution is 8.02. The van der Waals surface area contributed by atoms with E-state index in [1.807, 2.05) is 6.92 Å². The summed E-state index contributed by atoms with van der Waals surface area (Å²) in [6, 6.07) is 6.34.